The van der Waals surface area contributed by atoms with Crippen molar-refractivity contribution in [3.63, 3.8) is 0 Å². The van der Waals surface area contributed by atoms with Crippen molar-refractivity contribution in [1.29, 1.82) is 0 Å². The lowest BCUT2D eigenvalue weighted by atomic mass is 10.1. The quantitative estimate of drug-likeness (QED) is 0.748. The lowest BCUT2D eigenvalue weighted by molar-refractivity contribution is 1.20. The molecule has 1 aromatic carbocycles. The first-order chi connectivity index (χ1) is 7.27. The number of hydrogen-bond donors (Lipinski definition) is 1. The molecule has 3 nitrogen and oxygen atoms in total. The molecule has 0 heterocycles. The summed E-state index contributed by atoms with van der Waals surface area (Å²) in [6.07, 6.45) is 3.68. The standard InChI is InChI=1S/C12H16N2O/c1-3-13-12-9-10(2)6-7-11(12)5-4-8-14-15/h4-7,9,13H,3,8H2,1-2H3/b5-4+. The van der Waals surface area contributed by atoms with Gasteiger partial charge in [0.25, 0.3) is 0 Å². The fraction of sp³-hybridized carbons (Fsp3) is 0.333. The Morgan fingerprint density at radius 3 is 2.93 bits per heavy atom. The monoisotopic (exact) mass is 204 g/mol. The highest BCUT2D eigenvalue weighted by Gasteiger charge is 1.97. The number of aryl methyl sites for hydroxylation is 1. The molecule has 0 aliphatic carbocycles. The third-order valence-electron chi connectivity index (χ3n) is 2.05. The largest absolute Gasteiger partial charge is 0.385 e. The van der Waals surface area contributed by atoms with Gasteiger partial charge in [-0.3, -0.25) is 0 Å². The highest BCUT2D eigenvalue weighted by molar-refractivity contribution is 5.67. The maximum atomic E-state index is 9.94. The zero-order chi connectivity index (χ0) is 11.1. The van der Waals surface area contributed by atoms with Crippen LogP contribution in [0.4, 0.5) is 5.69 Å². The van der Waals surface area contributed by atoms with E-state index in [0.29, 0.717) is 0 Å². The van der Waals surface area contributed by atoms with Crippen LogP contribution in [0, 0.1) is 11.8 Å². The van der Waals surface area contributed by atoms with Gasteiger partial charge >= 0.3 is 0 Å². The van der Waals surface area contributed by atoms with E-state index in [0.717, 1.165) is 17.8 Å². The second-order valence-corrected chi connectivity index (χ2v) is 3.34. The Kier molecular flexibility index (Phi) is 4.54. The normalized spacial score (nSPS) is 10.5. The number of anilines is 1. The Morgan fingerprint density at radius 1 is 1.47 bits per heavy atom. The first kappa shape index (κ1) is 11.4. The molecule has 3 heteroatoms. The lowest BCUT2D eigenvalue weighted by Gasteiger charge is -2.08. The fourth-order valence-corrected chi connectivity index (χ4v) is 1.38. The Balaban J connectivity index is 2.89. The van der Waals surface area contributed by atoms with Crippen LogP contribution in [-0.2, 0) is 0 Å². The fourth-order valence-electron chi connectivity index (χ4n) is 1.38. The molecular formula is C12H16N2O. The van der Waals surface area contributed by atoms with Crippen LogP contribution in [0.2, 0.25) is 0 Å². The van der Waals surface area contributed by atoms with E-state index < -0.39 is 0 Å². The highest BCUT2D eigenvalue weighted by atomic mass is 16.3. The summed E-state index contributed by atoms with van der Waals surface area (Å²) in [6, 6.07) is 6.18. The predicted octanol–water partition coefficient (Wildman–Crippen LogP) is 3.21. The minimum Gasteiger partial charge on any atom is -0.385 e. The molecule has 0 aromatic heterocycles. The molecule has 0 bridgehead atoms. The molecule has 0 radical (unpaired) electrons. The van der Waals surface area contributed by atoms with Crippen LogP contribution in [0.15, 0.2) is 29.5 Å². The van der Waals surface area contributed by atoms with Gasteiger partial charge in [0.05, 0.1) is 6.54 Å². The Bertz CT molecular complexity index is 359. The number of nitroso groups, excluding NO2 is 1. The summed E-state index contributed by atoms with van der Waals surface area (Å²) in [5.41, 5.74) is 3.40. The molecule has 0 aliphatic rings. The molecular weight excluding hydrogens is 188 g/mol. The zero-order valence-corrected chi connectivity index (χ0v) is 9.16. The Hall–Kier alpha value is -1.64. The SMILES string of the molecule is CCNc1cc(C)ccc1/C=C/CN=O. The molecule has 0 atom stereocenters. The van der Waals surface area contributed by atoms with Crippen molar-refractivity contribution < 1.29 is 0 Å². The van der Waals surface area contributed by atoms with Crippen molar-refractivity contribution in [2.45, 2.75) is 13.8 Å². The van der Waals surface area contributed by atoms with Gasteiger partial charge < -0.3 is 5.32 Å². The van der Waals surface area contributed by atoms with E-state index in [9.17, 15) is 4.91 Å². The number of benzene rings is 1. The molecule has 0 spiro atoms. The Labute approximate surface area is 90.2 Å². The summed E-state index contributed by atoms with van der Waals surface area (Å²) in [5, 5.41) is 6.07. The molecule has 0 unspecified atom stereocenters. The minimum atomic E-state index is 0.222. The second kappa shape index (κ2) is 5.96. The maximum absolute atomic E-state index is 9.94. The molecule has 80 valence electrons. The molecule has 0 amide bonds. The van der Waals surface area contributed by atoms with E-state index in [1.807, 2.05) is 12.1 Å². The summed E-state index contributed by atoms with van der Waals surface area (Å²) in [4.78, 5) is 9.94. The van der Waals surface area contributed by atoms with Crippen molar-refractivity contribution in [2.24, 2.45) is 5.18 Å². The van der Waals surface area contributed by atoms with Gasteiger partial charge in [0.2, 0.25) is 0 Å². The van der Waals surface area contributed by atoms with Gasteiger partial charge in [0.15, 0.2) is 0 Å². The van der Waals surface area contributed by atoms with Crippen molar-refractivity contribution >= 4 is 11.8 Å². The summed E-state index contributed by atoms with van der Waals surface area (Å²) < 4.78 is 0. The molecule has 0 fully saturated rings. The van der Waals surface area contributed by atoms with Crippen LogP contribution in [0.25, 0.3) is 6.08 Å². The zero-order valence-electron chi connectivity index (χ0n) is 9.16. The topological polar surface area (TPSA) is 41.5 Å². The molecule has 1 rings (SSSR count). The molecule has 1 aromatic rings. The van der Waals surface area contributed by atoms with Crippen LogP contribution in [0.3, 0.4) is 0 Å². The first-order valence-corrected chi connectivity index (χ1v) is 5.08. The van der Waals surface area contributed by atoms with Gasteiger partial charge in [-0.25, -0.2) is 0 Å². The van der Waals surface area contributed by atoms with Gasteiger partial charge in [0.1, 0.15) is 0 Å². The van der Waals surface area contributed by atoms with Gasteiger partial charge in [-0.2, -0.15) is 4.91 Å². The van der Waals surface area contributed by atoms with E-state index in [1.165, 1.54) is 5.56 Å². The van der Waals surface area contributed by atoms with E-state index >= 15 is 0 Å². The van der Waals surface area contributed by atoms with Gasteiger partial charge in [0, 0.05) is 12.2 Å². The second-order valence-electron chi connectivity index (χ2n) is 3.34. The number of rotatable bonds is 5. The number of nitrogens with one attached hydrogen (secondary N) is 1. The van der Waals surface area contributed by atoms with Gasteiger partial charge in [-0.15, -0.1) is 0 Å². The molecule has 1 N–H and O–H groups in total. The van der Waals surface area contributed by atoms with E-state index in [1.54, 1.807) is 6.08 Å². The summed E-state index contributed by atoms with van der Waals surface area (Å²) in [5.74, 6) is 0. The minimum absolute atomic E-state index is 0.222. The summed E-state index contributed by atoms with van der Waals surface area (Å²) in [6.45, 7) is 5.22. The highest BCUT2D eigenvalue weighted by Crippen LogP contribution is 2.18. The van der Waals surface area contributed by atoms with Crippen molar-refractivity contribution in [3.8, 4) is 0 Å². The van der Waals surface area contributed by atoms with Crippen LogP contribution < -0.4 is 5.32 Å². The third kappa shape index (κ3) is 3.54. The number of nitrogens with zero attached hydrogens (tertiary/aromatic N) is 1. The number of hydrogen-bond acceptors (Lipinski definition) is 3. The van der Waals surface area contributed by atoms with Crippen molar-refractivity contribution in [2.75, 3.05) is 18.4 Å². The molecule has 15 heavy (non-hydrogen) atoms. The van der Waals surface area contributed by atoms with Gasteiger partial charge in [-0.1, -0.05) is 29.5 Å². The van der Waals surface area contributed by atoms with E-state index in [-0.39, 0.29) is 6.54 Å². The van der Waals surface area contributed by atoms with E-state index in [2.05, 4.69) is 36.5 Å². The average molecular weight is 204 g/mol. The van der Waals surface area contributed by atoms with Gasteiger partial charge in [-0.05, 0) is 31.0 Å². The van der Waals surface area contributed by atoms with Crippen LogP contribution >= 0.6 is 0 Å². The summed E-state index contributed by atoms with van der Waals surface area (Å²) >= 11 is 0. The Morgan fingerprint density at radius 2 is 2.27 bits per heavy atom. The first-order valence-electron chi connectivity index (χ1n) is 5.08. The third-order valence-corrected chi connectivity index (χ3v) is 2.05. The van der Waals surface area contributed by atoms with Crippen LogP contribution in [-0.4, -0.2) is 13.1 Å². The van der Waals surface area contributed by atoms with E-state index in [4.69, 9.17) is 0 Å². The van der Waals surface area contributed by atoms with Crippen molar-refractivity contribution in [3.05, 3.63) is 40.3 Å². The molecule has 0 saturated carbocycles. The van der Waals surface area contributed by atoms with Crippen molar-refractivity contribution in [1.82, 2.24) is 0 Å². The van der Waals surface area contributed by atoms with Crippen LogP contribution in [0.1, 0.15) is 18.1 Å². The molecule has 0 aliphatic heterocycles. The maximum Gasteiger partial charge on any atom is 0.0995 e. The molecule has 0 saturated heterocycles. The lowest BCUT2D eigenvalue weighted by Crippen LogP contribution is -1.98. The average Bonchev–Trinajstić information content (AvgIpc) is 2.22. The van der Waals surface area contributed by atoms with Crippen LogP contribution in [0.5, 0.6) is 0 Å². The smallest absolute Gasteiger partial charge is 0.0995 e. The predicted molar refractivity (Wildman–Crippen MR) is 65.0 cm³/mol. The summed E-state index contributed by atoms with van der Waals surface area (Å²) in [7, 11) is 0.